The van der Waals surface area contributed by atoms with E-state index in [9.17, 15) is 4.79 Å². The van der Waals surface area contributed by atoms with Gasteiger partial charge in [0.2, 0.25) is 0 Å². The van der Waals surface area contributed by atoms with Crippen LogP contribution < -0.4 is 11.1 Å². The molecule has 0 atom stereocenters. The van der Waals surface area contributed by atoms with E-state index in [0.29, 0.717) is 5.70 Å². The molecule has 7 nitrogen and oxygen atoms in total. The fourth-order valence-corrected chi connectivity index (χ4v) is 3.51. The quantitative estimate of drug-likeness (QED) is 0.822. The summed E-state index contributed by atoms with van der Waals surface area (Å²) in [5.74, 6) is 0. The second-order valence-electron chi connectivity index (χ2n) is 7.45. The Hall–Kier alpha value is -3.09. The van der Waals surface area contributed by atoms with E-state index in [2.05, 4.69) is 22.3 Å². The summed E-state index contributed by atoms with van der Waals surface area (Å²) < 4.78 is 1.76. The molecule has 7 heteroatoms. The van der Waals surface area contributed by atoms with Gasteiger partial charge in [-0.15, -0.1) is 0 Å². The van der Waals surface area contributed by atoms with Gasteiger partial charge in [0.1, 0.15) is 0 Å². The number of nitrogens with zero attached hydrogens (tertiary/aromatic N) is 4. The summed E-state index contributed by atoms with van der Waals surface area (Å²) in [7, 11) is 3.61. The van der Waals surface area contributed by atoms with E-state index in [4.69, 9.17) is 5.73 Å². The van der Waals surface area contributed by atoms with Gasteiger partial charge in [0.25, 0.3) is 0 Å². The maximum Gasteiger partial charge on any atom is 0.321 e. The zero-order valence-corrected chi connectivity index (χ0v) is 17.7. The number of hydrogen-bond acceptors (Lipinski definition) is 4. The number of allylic oxidation sites excluding steroid dienone is 6. The lowest BCUT2D eigenvalue weighted by Crippen LogP contribution is -2.37. The fourth-order valence-electron chi connectivity index (χ4n) is 3.51. The van der Waals surface area contributed by atoms with Gasteiger partial charge in [-0.1, -0.05) is 6.92 Å². The number of carbonyl (C=O) groups is 1. The van der Waals surface area contributed by atoms with Crippen molar-refractivity contribution in [1.29, 1.82) is 0 Å². The van der Waals surface area contributed by atoms with Crippen LogP contribution in [0.2, 0.25) is 0 Å². The summed E-state index contributed by atoms with van der Waals surface area (Å²) in [6, 6.07) is -0.0482. The first kappa shape index (κ1) is 20.6. The molecule has 0 saturated carbocycles. The molecule has 0 spiro atoms. The maximum absolute atomic E-state index is 12.7. The van der Waals surface area contributed by atoms with Gasteiger partial charge in [0, 0.05) is 50.2 Å². The number of likely N-dealkylation sites (tertiary alicyclic amines) is 1. The first-order valence-corrected chi connectivity index (χ1v) is 10.1. The number of nitrogens with two attached hydrogens (primary N) is 1. The number of nitrogens with one attached hydrogen (secondary N) is 1. The first-order valence-electron chi connectivity index (χ1n) is 10.1. The minimum Gasteiger partial charge on any atom is -0.397 e. The Labute approximate surface area is 172 Å². The Kier molecular flexibility index (Phi) is 6.36. The lowest BCUT2D eigenvalue weighted by Gasteiger charge is -2.20. The second kappa shape index (κ2) is 8.94. The average molecular weight is 395 g/mol. The molecule has 29 heavy (non-hydrogen) atoms. The highest BCUT2D eigenvalue weighted by molar-refractivity contribution is 6.18. The molecule has 0 aromatic carbocycles. The highest BCUT2D eigenvalue weighted by Crippen LogP contribution is 2.26. The standard InChI is InChI=1S/C22H30N6O/c1-5-15(2)20(26-22(29)28-8-6-7-9-28)12-17-10-16(11-19(23)21(17)24-3)18-13-25-27(4)14-18/h10-14H,5-9,23H2,1-4H3,(H,26,29)/b17-12-,20-15-,24-21?. The molecule has 1 saturated heterocycles. The van der Waals surface area contributed by atoms with E-state index >= 15 is 0 Å². The SMILES string of the molecule is CC/C(C)=C(/C=C1/C=C(c2cnn(C)c2)C=C(N)C1=NC)NC(=O)N1CCCC1. The molecule has 0 bridgehead atoms. The molecule has 1 fully saturated rings. The van der Waals surface area contributed by atoms with Gasteiger partial charge in [-0.2, -0.15) is 5.10 Å². The van der Waals surface area contributed by atoms with Crippen molar-refractivity contribution in [2.45, 2.75) is 33.1 Å². The Morgan fingerprint density at radius 1 is 1.34 bits per heavy atom. The lowest BCUT2D eigenvalue weighted by atomic mass is 9.93. The largest absolute Gasteiger partial charge is 0.397 e. The predicted molar refractivity (Wildman–Crippen MR) is 117 cm³/mol. The number of carbonyl (C=O) groups excluding carboxylic acids is 1. The molecule has 154 valence electrons. The number of rotatable bonds is 4. The van der Waals surface area contributed by atoms with Gasteiger partial charge in [-0.25, -0.2) is 4.79 Å². The van der Waals surface area contributed by atoms with Crippen molar-refractivity contribution in [3.63, 3.8) is 0 Å². The third-order valence-electron chi connectivity index (χ3n) is 5.36. The summed E-state index contributed by atoms with van der Waals surface area (Å²) in [4.78, 5) is 18.9. The topological polar surface area (TPSA) is 88.5 Å². The van der Waals surface area contributed by atoms with Gasteiger partial charge in [-0.3, -0.25) is 9.67 Å². The summed E-state index contributed by atoms with van der Waals surface area (Å²) in [6.07, 6.45) is 12.6. The molecule has 1 aromatic heterocycles. The highest BCUT2D eigenvalue weighted by Gasteiger charge is 2.21. The minimum atomic E-state index is -0.0482. The van der Waals surface area contributed by atoms with Crippen molar-refractivity contribution in [3.05, 3.63) is 58.7 Å². The zero-order chi connectivity index (χ0) is 21.0. The second-order valence-corrected chi connectivity index (χ2v) is 7.45. The van der Waals surface area contributed by atoms with E-state index in [1.165, 1.54) is 0 Å². The Morgan fingerprint density at radius 3 is 2.66 bits per heavy atom. The maximum atomic E-state index is 12.7. The number of aromatic nitrogens is 2. The molecular weight excluding hydrogens is 364 g/mol. The van der Waals surface area contributed by atoms with E-state index in [0.717, 1.165) is 66.0 Å². The smallest absolute Gasteiger partial charge is 0.321 e. The van der Waals surface area contributed by atoms with Crippen LogP contribution in [0.3, 0.4) is 0 Å². The third-order valence-corrected chi connectivity index (χ3v) is 5.36. The van der Waals surface area contributed by atoms with Gasteiger partial charge in [0.05, 0.1) is 17.6 Å². The molecule has 3 rings (SSSR count). The number of hydrogen-bond donors (Lipinski definition) is 2. The number of urea groups is 1. The van der Waals surface area contributed by atoms with E-state index in [1.807, 2.05) is 49.5 Å². The van der Waals surface area contributed by atoms with Crippen molar-refractivity contribution in [2.24, 2.45) is 17.8 Å². The van der Waals surface area contributed by atoms with Crippen molar-refractivity contribution >= 4 is 17.3 Å². The van der Waals surface area contributed by atoms with Crippen LogP contribution in [0.4, 0.5) is 4.79 Å². The molecule has 0 radical (unpaired) electrons. The Morgan fingerprint density at radius 2 is 2.07 bits per heavy atom. The molecule has 2 amide bonds. The van der Waals surface area contributed by atoms with E-state index < -0.39 is 0 Å². The van der Waals surface area contributed by atoms with Crippen LogP contribution in [0, 0.1) is 0 Å². The highest BCUT2D eigenvalue weighted by atomic mass is 16.2. The van der Waals surface area contributed by atoms with Crippen LogP contribution in [-0.2, 0) is 7.05 Å². The van der Waals surface area contributed by atoms with Crippen LogP contribution in [0.5, 0.6) is 0 Å². The summed E-state index contributed by atoms with van der Waals surface area (Å²) >= 11 is 0. The lowest BCUT2D eigenvalue weighted by molar-refractivity contribution is 0.212. The van der Waals surface area contributed by atoms with Crippen molar-refractivity contribution < 1.29 is 4.79 Å². The molecule has 1 aliphatic carbocycles. The van der Waals surface area contributed by atoms with Gasteiger partial charge < -0.3 is 16.0 Å². The Bertz CT molecular complexity index is 938. The molecule has 2 heterocycles. The summed E-state index contributed by atoms with van der Waals surface area (Å²) in [5.41, 5.74) is 12.3. The predicted octanol–water partition coefficient (Wildman–Crippen LogP) is 3.15. The average Bonchev–Trinajstić information content (AvgIpc) is 3.38. The molecule has 1 aromatic rings. The van der Waals surface area contributed by atoms with Gasteiger partial charge in [-0.05, 0) is 55.6 Å². The monoisotopic (exact) mass is 394 g/mol. The molecule has 3 N–H and O–H groups in total. The van der Waals surface area contributed by atoms with Crippen LogP contribution in [-0.4, -0.2) is 46.6 Å². The fraction of sp³-hybridized carbons (Fsp3) is 0.409. The van der Waals surface area contributed by atoms with Crippen LogP contribution >= 0.6 is 0 Å². The van der Waals surface area contributed by atoms with E-state index in [-0.39, 0.29) is 6.03 Å². The van der Waals surface area contributed by atoms with Gasteiger partial charge in [0.15, 0.2) is 0 Å². The van der Waals surface area contributed by atoms with E-state index in [1.54, 1.807) is 11.7 Å². The Balaban J connectivity index is 1.98. The number of aryl methyl sites for hydroxylation is 1. The summed E-state index contributed by atoms with van der Waals surface area (Å²) in [5, 5.41) is 7.36. The van der Waals surface area contributed by atoms with Crippen LogP contribution in [0.15, 0.2) is 58.2 Å². The molecule has 1 aliphatic heterocycles. The molecular formula is C22H30N6O. The molecule has 0 unspecified atom stereocenters. The zero-order valence-electron chi connectivity index (χ0n) is 17.7. The first-order chi connectivity index (χ1) is 13.9. The number of amides is 2. The van der Waals surface area contributed by atoms with Crippen LogP contribution in [0.25, 0.3) is 5.57 Å². The molecule has 2 aliphatic rings. The third kappa shape index (κ3) is 4.67. The van der Waals surface area contributed by atoms with Crippen LogP contribution in [0.1, 0.15) is 38.7 Å². The van der Waals surface area contributed by atoms with Gasteiger partial charge >= 0.3 is 6.03 Å². The van der Waals surface area contributed by atoms with Crippen molar-refractivity contribution in [2.75, 3.05) is 20.1 Å². The van der Waals surface area contributed by atoms with Crippen molar-refractivity contribution in [1.82, 2.24) is 20.0 Å². The van der Waals surface area contributed by atoms with Crippen molar-refractivity contribution in [3.8, 4) is 0 Å². The summed E-state index contributed by atoms with van der Waals surface area (Å²) in [6.45, 7) is 5.73. The minimum absolute atomic E-state index is 0.0482. The normalized spacial score (nSPS) is 20.6. The number of aliphatic imine (C=N–C) groups is 1.